The first-order valence-electron chi connectivity index (χ1n) is 8.69. The average Bonchev–Trinajstić information content (AvgIpc) is 3.02. The van der Waals surface area contributed by atoms with Crippen LogP contribution in [0.5, 0.6) is 0 Å². The molecule has 3 amide bonds. The van der Waals surface area contributed by atoms with Crippen LogP contribution in [-0.2, 0) is 14.4 Å². The molecule has 1 aromatic rings. The van der Waals surface area contributed by atoms with Crippen molar-refractivity contribution in [2.75, 3.05) is 31.1 Å². The number of piperazine rings is 1. The highest BCUT2D eigenvalue weighted by Gasteiger charge is 2.40. The molecular weight excluding hydrogens is 354 g/mol. The van der Waals surface area contributed by atoms with Crippen LogP contribution in [0.3, 0.4) is 0 Å². The van der Waals surface area contributed by atoms with Gasteiger partial charge in [0.25, 0.3) is 0 Å². The minimum absolute atomic E-state index is 0.0360. The Morgan fingerprint density at radius 2 is 1.96 bits per heavy atom. The molecule has 0 spiro atoms. The SMILES string of the molecule is C=CC(=O)N1CCN(C(=O)C2CC(=O)N(c3ccccc3Cl)C2)[C@@H](C)C1. The Bertz CT molecular complexity index is 751. The maximum Gasteiger partial charge on any atom is 0.246 e. The summed E-state index contributed by atoms with van der Waals surface area (Å²) in [4.78, 5) is 42.2. The molecule has 0 radical (unpaired) electrons. The molecule has 0 saturated carbocycles. The number of carbonyl (C=O) groups is 3. The molecule has 7 heteroatoms. The summed E-state index contributed by atoms with van der Waals surface area (Å²) in [5.41, 5.74) is 0.643. The van der Waals surface area contributed by atoms with E-state index < -0.39 is 0 Å². The topological polar surface area (TPSA) is 60.9 Å². The van der Waals surface area contributed by atoms with Crippen LogP contribution in [0.1, 0.15) is 13.3 Å². The standard InChI is InChI=1S/C19H22ClN3O3/c1-3-17(24)21-8-9-22(13(2)11-21)19(26)14-10-18(25)23(12-14)16-7-5-4-6-15(16)20/h3-7,13-14H,1,8-12H2,2H3/t13-,14?/m0/s1. The zero-order valence-corrected chi connectivity index (χ0v) is 15.5. The van der Waals surface area contributed by atoms with Gasteiger partial charge in [-0.25, -0.2) is 0 Å². The highest BCUT2D eigenvalue weighted by Crippen LogP contribution is 2.32. The molecule has 1 aromatic carbocycles. The molecule has 6 nitrogen and oxygen atoms in total. The van der Waals surface area contributed by atoms with Gasteiger partial charge >= 0.3 is 0 Å². The van der Waals surface area contributed by atoms with Crippen molar-refractivity contribution < 1.29 is 14.4 Å². The molecule has 3 rings (SSSR count). The van der Waals surface area contributed by atoms with Gasteiger partial charge in [-0.1, -0.05) is 30.3 Å². The third-order valence-electron chi connectivity index (χ3n) is 5.01. The first-order chi connectivity index (χ1) is 12.4. The first kappa shape index (κ1) is 18.5. The van der Waals surface area contributed by atoms with Crippen LogP contribution >= 0.6 is 11.6 Å². The van der Waals surface area contributed by atoms with Crippen LogP contribution in [0.15, 0.2) is 36.9 Å². The number of benzene rings is 1. The Morgan fingerprint density at radius 3 is 2.62 bits per heavy atom. The fraction of sp³-hybridized carbons (Fsp3) is 0.421. The predicted octanol–water partition coefficient (Wildman–Crippen LogP) is 1.94. The van der Waals surface area contributed by atoms with E-state index in [1.807, 2.05) is 13.0 Å². The molecule has 2 fully saturated rings. The van der Waals surface area contributed by atoms with E-state index in [0.717, 1.165) is 0 Å². The molecule has 26 heavy (non-hydrogen) atoms. The molecule has 138 valence electrons. The van der Waals surface area contributed by atoms with E-state index in [1.54, 1.807) is 32.9 Å². The molecular formula is C19H22ClN3O3. The normalized spacial score (nSPS) is 23.3. The number of amides is 3. The number of nitrogens with zero attached hydrogens (tertiary/aromatic N) is 3. The van der Waals surface area contributed by atoms with E-state index >= 15 is 0 Å². The van der Waals surface area contributed by atoms with Gasteiger partial charge in [0.05, 0.1) is 16.6 Å². The van der Waals surface area contributed by atoms with Crippen molar-refractivity contribution in [2.24, 2.45) is 5.92 Å². The third kappa shape index (κ3) is 3.46. The molecule has 0 bridgehead atoms. The number of hydrogen-bond donors (Lipinski definition) is 0. The highest BCUT2D eigenvalue weighted by molar-refractivity contribution is 6.33. The second kappa shape index (κ2) is 7.50. The first-order valence-corrected chi connectivity index (χ1v) is 9.07. The zero-order chi connectivity index (χ0) is 18.8. The summed E-state index contributed by atoms with van der Waals surface area (Å²) < 4.78 is 0. The number of hydrogen-bond acceptors (Lipinski definition) is 3. The third-order valence-corrected chi connectivity index (χ3v) is 5.33. The van der Waals surface area contributed by atoms with Crippen molar-refractivity contribution in [3.05, 3.63) is 41.9 Å². The van der Waals surface area contributed by atoms with Gasteiger partial charge in [0.1, 0.15) is 0 Å². The van der Waals surface area contributed by atoms with Crippen molar-refractivity contribution >= 4 is 35.0 Å². The number of halogens is 1. The lowest BCUT2D eigenvalue weighted by Gasteiger charge is -2.40. The van der Waals surface area contributed by atoms with Crippen molar-refractivity contribution in [3.63, 3.8) is 0 Å². The average molecular weight is 376 g/mol. The predicted molar refractivity (Wildman–Crippen MR) is 99.9 cm³/mol. The van der Waals surface area contributed by atoms with Gasteiger partial charge in [0, 0.05) is 38.6 Å². The lowest BCUT2D eigenvalue weighted by molar-refractivity contribution is -0.143. The van der Waals surface area contributed by atoms with E-state index in [0.29, 0.717) is 36.9 Å². The van der Waals surface area contributed by atoms with Crippen LogP contribution in [0.2, 0.25) is 5.02 Å². The van der Waals surface area contributed by atoms with E-state index in [1.165, 1.54) is 6.08 Å². The Balaban J connectivity index is 1.68. The quantitative estimate of drug-likeness (QED) is 0.758. The van der Waals surface area contributed by atoms with Gasteiger partial charge in [0.15, 0.2) is 0 Å². The maximum absolute atomic E-state index is 13.0. The lowest BCUT2D eigenvalue weighted by atomic mass is 10.0. The molecule has 2 aliphatic heterocycles. The monoisotopic (exact) mass is 375 g/mol. The van der Waals surface area contributed by atoms with Gasteiger partial charge in [-0.05, 0) is 25.1 Å². The minimum atomic E-state index is -0.386. The van der Waals surface area contributed by atoms with Crippen LogP contribution in [0, 0.1) is 5.92 Å². The molecule has 2 atom stereocenters. The highest BCUT2D eigenvalue weighted by atomic mass is 35.5. The fourth-order valence-electron chi connectivity index (χ4n) is 3.63. The summed E-state index contributed by atoms with van der Waals surface area (Å²) in [5, 5.41) is 0.499. The summed E-state index contributed by atoms with van der Waals surface area (Å²) in [6.45, 7) is 7.19. The number of anilines is 1. The van der Waals surface area contributed by atoms with E-state index in [9.17, 15) is 14.4 Å². The largest absolute Gasteiger partial charge is 0.336 e. The van der Waals surface area contributed by atoms with Gasteiger partial charge in [-0.15, -0.1) is 0 Å². The Labute approximate surface area is 158 Å². The molecule has 2 heterocycles. The summed E-state index contributed by atoms with van der Waals surface area (Å²) >= 11 is 6.19. The molecule has 0 aromatic heterocycles. The summed E-state index contributed by atoms with van der Waals surface area (Å²) in [6.07, 6.45) is 1.48. The van der Waals surface area contributed by atoms with Crippen molar-refractivity contribution in [3.8, 4) is 0 Å². The summed E-state index contributed by atoms with van der Waals surface area (Å²) in [5.74, 6) is -0.636. The number of para-hydroxylation sites is 1. The lowest BCUT2D eigenvalue weighted by Crippen LogP contribution is -2.56. The zero-order valence-electron chi connectivity index (χ0n) is 14.7. The minimum Gasteiger partial charge on any atom is -0.336 e. The van der Waals surface area contributed by atoms with Crippen LogP contribution in [-0.4, -0.2) is 59.7 Å². The maximum atomic E-state index is 13.0. The van der Waals surface area contributed by atoms with Crippen molar-refractivity contribution in [1.82, 2.24) is 9.80 Å². The second-order valence-electron chi connectivity index (χ2n) is 6.73. The van der Waals surface area contributed by atoms with E-state index in [-0.39, 0.29) is 36.1 Å². The van der Waals surface area contributed by atoms with Crippen LogP contribution in [0.25, 0.3) is 0 Å². The smallest absolute Gasteiger partial charge is 0.246 e. The van der Waals surface area contributed by atoms with Crippen LogP contribution < -0.4 is 4.90 Å². The van der Waals surface area contributed by atoms with Gasteiger partial charge in [0.2, 0.25) is 17.7 Å². The number of rotatable bonds is 3. The summed E-state index contributed by atoms with van der Waals surface area (Å²) in [6, 6.07) is 7.05. The number of carbonyl (C=O) groups excluding carboxylic acids is 3. The second-order valence-corrected chi connectivity index (χ2v) is 7.13. The van der Waals surface area contributed by atoms with Gasteiger partial charge in [-0.2, -0.15) is 0 Å². The van der Waals surface area contributed by atoms with Crippen LogP contribution in [0.4, 0.5) is 5.69 Å². The molecule has 0 aliphatic carbocycles. The van der Waals surface area contributed by atoms with E-state index in [4.69, 9.17) is 11.6 Å². The summed E-state index contributed by atoms with van der Waals surface area (Å²) in [7, 11) is 0. The molecule has 1 unspecified atom stereocenters. The Kier molecular flexibility index (Phi) is 5.32. The Hall–Kier alpha value is -2.34. The molecule has 0 N–H and O–H groups in total. The molecule has 2 aliphatic rings. The van der Waals surface area contributed by atoms with Crippen molar-refractivity contribution in [1.29, 1.82) is 0 Å². The van der Waals surface area contributed by atoms with E-state index in [2.05, 4.69) is 6.58 Å². The fourth-order valence-corrected chi connectivity index (χ4v) is 3.86. The van der Waals surface area contributed by atoms with Gasteiger partial charge in [-0.3, -0.25) is 14.4 Å². The van der Waals surface area contributed by atoms with Gasteiger partial charge < -0.3 is 14.7 Å². The Morgan fingerprint density at radius 1 is 1.23 bits per heavy atom. The molecule has 2 saturated heterocycles. The van der Waals surface area contributed by atoms with Crippen molar-refractivity contribution in [2.45, 2.75) is 19.4 Å².